The Morgan fingerprint density at radius 3 is 2.87 bits per heavy atom. The van der Waals surface area contributed by atoms with Crippen LogP contribution in [0.3, 0.4) is 0 Å². The summed E-state index contributed by atoms with van der Waals surface area (Å²) in [6.07, 6.45) is 4.65. The lowest BCUT2D eigenvalue weighted by atomic mass is 9.85. The summed E-state index contributed by atoms with van der Waals surface area (Å²) in [5.74, 6) is -0.115. The molecule has 0 radical (unpaired) electrons. The van der Waals surface area contributed by atoms with Gasteiger partial charge in [-0.05, 0) is 31.9 Å². The normalized spacial score (nSPS) is 23.9. The van der Waals surface area contributed by atoms with Gasteiger partial charge in [-0.15, -0.1) is 0 Å². The number of hydrogen-bond acceptors (Lipinski definition) is 3. The van der Waals surface area contributed by atoms with Gasteiger partial charge in [0.2, 0.25) is 0 Å². The van der Waals surface area contributed by atoms with E-state index in [1.54, 1.807) is 10.9 Å². The molecule has 1 fully saturated rings. The van der Waals surface area contributed by atoms with Crippen molar-refractivity contribution >= 4 is 5.91 Å². The van der Waals surface area contributed by atoms with Crippen LogP contribution in [-0.4, -0.2) is 33.4 Å². The van der Waals surface area contributed by atoms with Gasteiger partial charge in [0.05, 0.1) is 23.6 Å². The third kappa shape index (κ3) is 3.01. The number of aromatic nitrogens is 2. The van der Waals surface area contributed by atoms with Gasteiger partial charge in [-0.25, -0.2) is 4.68 Å². The number of rotatable bonds is 4. The van der Waals surface area contributed by atoms with Crippen LogP contribution in [0.1, 0.15) is 42.2 Å². The number of benzene rings is 1. The second-order valence-corrected chi connectivity index (χ2v) is 6.64. The molecule has 1 aliphatic rings. The highest BCUT2D eigenvalue weighted by Gasteiger charge is 2.39. The van der Waals surface area contributed by atoms with Gasteiger partial charge >= 0.3 is 0 Å². The van der Waals surface area contributed by atoms with E-state index in [1.807, 2.05) is 44.2 Å². The third-order valence-corrected chi connectivity index (χ3v) is 4.91. The minimum atomic E-state index is -0.223. The molecule has 2 N–H and O–H groups in total. The minimum absolute atomic E-state index is 0.0134. The van der Waals surface area contributed by atoms with E-state index in [0.717, 1.165) is 24.9 Å². The molecule has 1 amide bonds. The van der Waals surface area contributed by atoms with Gasteiger partial charge in [0.15, 0.2) is 0 Å². The summed E-state index contributed by atoms with van der Waals surface area (Å²) in [5, 5.41) is 17.1. The second kappa shape index (κ2) is 6.16. The van der Waals surface area contributed by atoms with Crippen molar-refractivity contribution in [3.8, 4) is 5.69 Å². The van der Waals surface area contributed by atoms with E-state index in [1.165, 1.54) is 0 Å². The number of carbonyl (C=O) groups excluding carboxylic acids is 1. The number of para-hydroxylation sites is 1. The topological polar surface area (TPSA) is 67.2 Å². The summed E-state index contributed by atoms with van der Waals surface area (Å²) in [5.41, 5.74) is 1.99. The minimum Gasteiger partial charge on any atom is -0.396 e. The van der Waals surface area contributed by atoms with Gasteiger partial charge in [-0.2, -0.15) is 5.10 Å². The molecule has 1 saturated carbocycles. The molecule has 5 heteroatoms. The van der Waals surface area contributed by atoms with Crippen LogP contribution >= 0.6 is 0 Å². The average Bonchev–Trinajstić information content (AvgIpc) is 3.12. The van der Waals surface area contributed by atoms with Crippen LogP contribution in [0.5, 0.6) is 0 Å². The fourth-order valence-corrected chi connectivity index (χ4v) is 3.30. The molecule has 1 aromatic carbocycles. The first-order valence-corrected chi connectivity index (χ1v) is 8.07. The number of carbonyl (C=O) groups is 1. The van der Waals surface area contributed by atoms with Gasteiger partial charge in [0.1, 0.15) is 0 Å². The largest absolute Gasteiger partial charge is 0.396 e. The zero-order valence-corrected chi connectivity index (χ0v) is 13.6. The molecule has 0 saturated heterocycles. The number of nitrogens with one attached hydrogen (secondary N) is 1. The molecule has 5 nitrogen and oxygen atoms in total. The molecule has 122 valence electrons. The van der Waals surface area contributed by atoms with E-state index in [9.17, 15) is 9.90 Å². The average molecular weight is 313 g/mol. The maximum absolute atomic E-state index is 12.6. The first kappa shape index (κ1) is 15.7. The predicted molar refractivity (Wildman–Crippen MR) is 88.6 cm³/mol. The SMILES string of the molecule is Cc1nn(-c2ccccc2)cc1C(=O)NC1CCCC1(C)CO. The first-order chi connectivity index (χ1) is 11.0. The molecule has 0 spiro atoms. The van der Waals surface area contributed by atoms with Crippen LogP contribution in [-0.2, 0) is 0 Å². The summed E-state index contributed by atoms with van der Waals surface area (Å²) in [4.78, 5) is 12.6. The van der Waals surface area contributed by atoms with Crippen LogP contribution in [0.4, 0.5) is 0 Å². The highest BCUT2D eigenvalue weighted by molar-refractivity contribution is 5.95. The molecule has 1 heterocycles. The molecule has 0 aliphatic heterocycles. The van der Waals surface area contributed by atoms with E-state index in [0.29, 0.717) is 11.3 Å². The quantitative estimate of drug-likeness (QED) is 0.911. The molecule has 3 rings (SSSR count). The van der Waals surface area contributed by atoms with Crippen molar-refractivity contribution in [3.63, 3.8) is 0 Å². The highest BCUT2D eigenvalue weighted by Crippen LogP contribution is 2.37. The Labute approximate surface area is 136 Å². The molecule has 1 aromatic heterocycles. The van der Waals surface area contributed by atoms with Crippen molar-refractivity contribution in [1.82, 2.24) is 15.1 Å². The molecule has 2 aromatic rings. The molecule has 2 atom stereocenters. The van der Waals surface area contributed by atoms with Crippen LogP contribution in [0.25, 0.3) is 5.69 Å². The number of hydrogen-bond donors (Lipinski definition) is 2. The number of aliphatic hydroxyl groups excluding tert-OH is 1. The summed E-state index contributed by atoms with van der Waals surface area (Å²) < 4.78 is 1.73. The van der Waals surface area contributed by atoms with Gasteiger partial charge in [0.25, 0.3) is 5.91 Å². The van der Waals surface area contributed by atoms with Crippen molar-refractivity contribution in [2.45, 2.75) is 39.2 Å². The second-order valence-electron chi connectivity index (χ2n) is 6.64. The summed E-state index contributed by atoms with van der Waals surface area (Å²) in [6, 6.07) is 9.75. The van der Waals surface area contributed by atoms with Gasteiger partial charge in [-0.3, -0.25) is 4.79 Å². The summed E-state index contributed by atoms with van der Waals surface area (Å²) in [6.45, 7) is 3.97. The Bertz CT molecular complexity index is 696. The van der Waals surface area contributed by atoms with Gasteiger partial charge in [0, 0.05) is 17.7 Å². The first-order valence-electron chi connectivity index (χ1n) is 8.07. The zero-order chi connectivity index (χ0) is 16.4. The van der Waals surface area contributed by atoms with Crippen molar-refractivity contribution in [3.05, 3.63) is 47.8 Å². The standard InChI is InChI=1S/C18H23N3O2/c1-13-15(11-21(20-13)14-7-4-3-5-8-14)17(23)19-16-9-6-10-18(16,2)12-22/h3-5,7-8,11,16,22H,6,9-10,12H2,1-2H3,(H,19,23). The van der Waals surface area contributed by atoms with Gasteiger partial charge < -0.3 is 10.4 Å². The fourth-order valence-electron chi connectivity index (χ4n) is 3.30. The number of nitrogens with zero attached hydrogens (tertiary/aromatic N) is 2. The molecule has 1 aliphatic carbocycles. The Balaban J connectivity index is 1.79. The maximum atomic E-state index is 12.6. The van der Waals surface area contributed by atoms with Crippen molar-refractivity contribution < 1.29 is 9.90 Å². The molecule has 0 bridgehead atoms. The Morgan fingerprint density at radius 1 is 1.43 bits per heavy atom. The van der Waals surface area contributed by atoms with E-state index >= 15 is 0 Å². The summed E-state index contributed by atoms with van der Waals surface area (Å²) >= 11 is 0. The highest BCUT2D eigenvalue weighted by atomic mass is 16.3. The molecular formula is C18H23N3O2. The van der Waals surface area contributed by atoms with Crippen molar-refractivity contribution in [2.75, 3.05) is 6.61 Å². The van der Waals surface area contributed by atoms with Crippen LogP contribution < -0.4 is 5.32 Å². The number of amides is 1. The lowest BCUT2D eigenvalue weighted by Crippen LogP contribution is -2.44. The molecule has 2 unspecified atom stereocenters. The van der Waals surface area contributed by atoms with Crippen LogP contribution in [0, 0.1) is 12.3 Å². The van der Waals surface area contributed by atoms with Crippen molar-refractivity contribution in [1.29, 1.82) is 0 Å². The summed E-state index contributed by atoms with van der Waals surface area (Å²) in [7, 11) is 0. The van der Waals surface area contributed by atoms with Crippen LogP contribution in [0.15, 0.2) is 36.5 Å². The lowest BCUT2D eigenvalue weighted by Gasteiger charge is -2.30. The van der Waals surface area contributed by atoms with E-state index in [-0.39, 0.29) is 24.0 Å². The van der Waals surface area contributed by atoms with Crippen LogP contribution in [0.2, 0.25) is 0 Å². The third-order valence-electron chi connectivity index (χ3n) is 4.91. The molecular weight excluding hydrogens is 290 g/mol. The maximum Gasteiger partial charge on any atom is 0.254 e. The number of aryl methyl sites for hydroxylation is 1. The predicted octanol–water partition coefficient (Wildman–Crippen LogP) is 2.46. The monoisotopic (exact) mass is 313 g/mol. The van der Waals surface area contributed by atoms with E-state index in [4.69, 9.17) is 0 Å². The Hall–Kier alpha value is -2.14. The van der Waals surface area contributed by atoms with Gasteiger partial charge in [-0.1, -0.05) is 31.5 Å². The zero-order valence-electron chi connectivity index (χ0n) is 13.6. The Morgan fingerprint density at radius 2 is 2.17 bits per heavy atom. The molecule has 23 heavy (non-hydrogen) atoms. The van der Waals surface area contributed by atoms with E-state index < -0.39 is 0 Å². The Kier molecular flexibility index (Phi) is 4.22. The lowest BCUT2D eigenvalue weighted by molar-refractivity contribution is 0.0830. The number of aliphatic hydroxyl groups is 1. The van der Waals surface area contributed by atoms with E-state index in [2.05, 4.69) is 10.4 Å². The smallest absolute Gasteiger partial charge is 0.254 e. The van der Waals surface area contributed by atoms with Crippen molar-refractivity contribution in [2.24, 2.45) is 5.41 Å². The fraction of sp³-hybridized carbons (Fsp3) is 0.444.